The summed E-state index contributed by atoms with van der Waals surface area (Å²) in [4.78, 5) is 17.5. The lowest BCUT2D eigenvalue weighted by atomic mass is 10.1. The van der Waals surface area contributed by atoms with Gasteiger partial charge in [0.25, 0.3) is 5.91 Å². The molecular formula is C19H24N4O2. The highest BCUT2D eigenvalue weighted by Crippen LogP contribution is 2.33. The number of fused-ring (bicyclic) bond motifs is 1. The van der Waals surface area contributed by atoms with Crippen molar-refractivity contribution >= 4 is 5.91 Å². The van der Waals surface area contributed by atoms with Gasteiger partial charge in [-0.25, -0.2) is 0 Å². The average Bonchev–Trinajstić information content (AvgIpc) is 3.32. The van der Waals surface area contributed by atoms with Crippen molar-refractivity contribution in [3.8, 4) is 5.75 Å². The van der Waals surface area contributed by atoms with Crippen LogP contribution in [0.1, 0.15) is 28.8 Å². The molecule has 0 N–H and O–H groups in total. The SMILES string of the molecule is COc1cccc(C(=O)N2CC[C@H]3[C@H]2CCN3Cc2cnn(C)c2)c1. The summed E-state index contributed by atoms with van der Waals surface area (Å²) in [5, 5.41) is 4.26. The number of hydrogen-bond donors (Lipinski definition) is 0. The van der Waals surface area contributed by atoms with Gasteiger partial charge in [-0.05, 0) is 31.0 Å². The number of likely N-dealkylation sites (tertiary alicyclic amines) is 2. The fourth-order valence-electron chi connectivity index (χ4n) is 4.23. The standard InChI is InChI=1S/C19H24N4O2/c1-21-12-14(11-20-21)13-22-8-6-18-17(22)7-9-23(18)19(24)15-4-3-5-16(10-15)25-2/h3-5,10-12,17-18H,6-9,13H2,1-2H3/t17-,18+/m0/s1. The van der Waals surface area contributed by atoms with E-state index in [4.69, 9.17) is 4.74 Å². The summed E-state index contributed by atoms with van der Waals surface area (Å²) in [6.07, 6.45) is 6.09. The zero-order chi connectivity index (χ0) is 17.4. The summed E-state index contributed by atoms with van der Waals surface area (Å²) in [6.45, 7) is 2.78. The molecule has 2 saturated heterocycles. The highest BCUT2D eigenvalue weighted by Gasteiger charge is 2.44. The number of nitrogens with zero attached hydrogens (tertiary/aromatic N) is 4. The molecule has 2 aliphatic rings. The Morgan fingerprint density at radius 3 is 2.88 bits per heavy atom. The lowest BCUT2D eigenvalue weighted by Gasteiger charge is -2.25. The van der Waals surface area contributed by atoms with Gasteiger partial charge in [0.1, 0.15) is 5.75 Å². The van der Waals surface area contributed by atoms with Gasteiger partial charge in [0.2, 0.25) is 0 Å². The van der Waals surface area contributed by atoms with Crippen molar-refractivity contribution in [2.24, 2.45) is 7.05 Å². The molecule has 2 atom stereocenters. The van der Waals surface area contributed by atoms with Crippen molar-refractivity contribution in [2.45, 2.75) is 31.5 Å². The molecule has 4 rings (SSSR count). The van der Waals surface area contributed by atoms with E-state index in [9.17, 15) is 4.79 Å². The van der Waals surface area contributed by atoms with Crippen LogP contribution in [0, 0.1) is 0 Å². The van der Waals surface area contributed by atoms with Gasteiger partial charge in [0.05, 0.1) is 13.3 Å². The van der Waals surface area contributed by atoms with Crippen LogP contribution in [-0.4, -0.2) is 57.8 Å². The number of ether oxygens (including phenoxy) is 1. The molecule has 0 unspecified atom stereocenters. The fraction of sp³-hybridized carbons (Fsp3) is 0.474. The molecule has 2 aromatic rings. The number of hydrogen-bond acceptors (Lipinski definition) is 4. The summed E-state index contributed by atoms with van der Waals surface area (Å²) in [5.74, 6) is 0.848. The molecule has 0 bridgehead atoms. The second-order valence-electron chi connectivity index (χ2n) is 6.94. The lowest BCUT2D eigenvalue weighted by molar-refractivity contribution is 0.0731. The molecule has 1 aromatic heterocycles. The van der Waals surface area contributed by atoms with Gasteiger partial charge in [-0.3, -0.25) is 14.4 Å². The number of carbonyl (C=O) groups excluding carboxylic acids is 1. The normalized spacial score (nSPS) is 23.0. The van der Waals surface area contributed by atoms with E-state index < -0.39 is 0 Å². The Balaban J connectivity index is 1.46. The molecule has 6 heteroatoms. The number of aryl methyl sites for hydroxylation is 1. The second-order valence-corrected chi connectivity index (χ2v) is 6.94. The van der Waals surface area contributed by atoms with Gasteiger partial charge in [0, 0.05) is 56.1 Å². The van der Waals surface area contributed by atoms with E-state index in [1.54, 1.807) is 7.11 Å². The van der Waals surface area contributed by atoms with Gasteiger partial charge in [-0.15, -0.1) is 0 Å². The maximum absolute atomic E-state index is 13.0. The molecule has 0 saturated carbocycles. The summed E-state index contributed by atoms with van der Waals surface area (Å²) < 4.78 is 7.10. The van der Waals surface area contributed by atoms with Crippen LogP contribution >= 0.6 is 0 Å². The highest BCUT2D eigenvalue weighted by molar-refractivity contribution is 5.95. The third-order valence-electron chi connectivity index (χ3n) is 5.41. The van der Waals surface area contributed by atoms with Crippen LogP contribution in [0.2, 0.25) is 0 Å². The predicted molar refractivity (Wildman–Crippen MR) is 94.5 cm³/mol. The molecule has 2 fully saturated rings. The summed E-state index contributed by atoms with van der Waals surface area (Å²) in [6, 6.07) is 8.22. The molecule has 1 aromatic carbocycles. The molecule has 132 valence electrons. The summed E-state index contributed by atoms with van der Waals surface area (Å²) in [7, 11) is 3.57. The Kier molecular flexibility index (Phi) is 4.21. The van der Waals surface area contributed by atoms with Crippen molar-refractivity contribution in [1.29, 1.82) is 0 Å². The van der Waals surface area contributed by atoms with Crippen molar-refractivity contribution in [3.63, 3.8) is 0 Å². The Morgan fingerprint density at radius 2 is 2.12 bits per heavy atom. The largest absolute Gasteiger partial charge is 0.497 e. The van der Waals surface area contributed by atoms with Crippen LogP contribution in [-0.2, 0) is 13.6 Å². The van der Waals surface area contributed by atoms with Gasteiger partial charge in [0.15, 0.2) is 0 Å². The van der Waals surface area contributed by atoms with Crippen LogP contribution in [0.25, 0.3) is 0 Å². The Hall–Kier alpha value is -2.34. The van der Waals surface area contributed by atoms with Gasteiger partial charge in [-0.1, -0.05) is 6.07 Å². The van der Waals surface area contributed by atoms with E-state index in [1.165, 1.54) is 5.56 Å². The number of methoxy groups -OCH3 is 1. The van der Waals surface area contributed by atoms with E-state index >= 15 is 0 Å². The molecule has 0 radical (unpaired) electrons. The minimum Gasteiger partial charge on any atom is -0.497 e. The van der Waals surface area contributed by atoms with E-state index in [-0.39, 0.29) is 5.91 Å². The van der Waals surface area contributed by atoms with E-state index in [2.05, 4.69) is 21.1 Å². The smallest absolute Gasteiger partial charge is 0.254 e. The molecule has 2 aliphatic heterocycles. The zero-order valence-electron chi connectivity index (χ0n) is 14.8. The predicted octanol–water partition coefficient (Wildman–Crippen LogP) is 1.92. The number of aromatic nitrogens is 2. The number of rotatable bonds is 4. The van der Waals surface area contributed by atoms with E-state index in [1.807, 2.05) is 42.2 Å². The summed E-state index contributed by atoms with van der Waals surface area (Å²) >= 11 is 0. The Bertz CT molecular complexity index is 772. The van der Waals surface area contributed by atoms with Crippen LogP contribution in [0.5, 0.6) is 5.75 Å². The van der Waals surface area contributed by atoms with Crippen LogP contribution in [0.4, 0.5) is 0 Å². The molecule has 1 amide bonds. The maximum atomic E-state index is 13.0. The van der Waals surface area contributed by atoms with Crippen LogP contribution in [0.3, 0.4) is 0 Å². The third-order valence-corrected chi connectivity index (χ3v) is 5.41. The first-order valence-electron chi connectivity index (χ1n) is 8.82. The second kappa shape index (κ2) is 6.52. The van der Waals surface area contributed by atoms with Crippen molar-refractivity contribution in [2.75, 3.05) is 20.2 Å². The van der Waals surface area contributed by atoms with Crippen LogP contribution < -0.4 is 4.74 Å². The third kappa shape index (κ3) is 3.02. The lowest BCUT2D eigenvalue weighted by Crippen LogP contribution is -2.39. The average molecular weight is 340 g/mol. The Morgan fingerprint density at radius 1 is 1.28 bits per heavy atom. The van der Waals surface area contributed by atoms with Crippen LogP contribution in [0.15, 0.2) is 36.7 Å². The highest BCUT2D eigenvalue weighted by atomic mass is 16.5. The summed E-state index contributed by atoms with van der Waals surface area (Å²) in [5.41, 5.74) is 1.95. The minimum atomic E-state index is 0.120. The number of benzene rings is 1. The van der Waals surface area contributed by atoms with Gasteiger partial charge >= 0.3 is 0 Å². The molecule has 3 heterocycles. The first-order valence-corrected chi connectivity index (χ1v) is 8.82. The topological polar surface area (TPSA) is 50.6 Å². The first kappa shape index (κ1) is 16.1. The molecule has 25 heavy (non-hydrogen) atoms. The van der Waals surface area contributed by atoms with Crippen molar-refractivity contribution in [1.82, 2.24) is 19.6 Å². The van der Waals surface area contributed by atoms with Gasteiger partial charge < -0.3 is 9.64 Å². The van der Waals surface area contributed by atoms with E-state index in [0.717, 1.165) is 38.2 Å². The van der Waals surface area contributed by atoms with Crippen molar-refractivity contribution in [3.05, 3.63) is 47.8 Å². The first-order chi connectivity index (χ1) is 12.2. The number of carbonyl (C=O) groups is 1. The van der Waals surface area contributed by atoms with Gasteiger partial charge in [-0.2, -0.15) is 5.10 Å². The molecule has 0 aliphatic carbocycles. The molecule has 6 nitrogen and oxygen atoms in total. The van der Waals surface area contributed by atoms with Crippen molar-refractivity contribution < 1.29 is 9.53 Å². The van der Waals surface area contributed by atoms with E-state index in [0.29, 0.717) is 17.6 Å². The fourth-order valence-corrected chi connectivity index (χ4v) is 4.23. The minimum absolute atomic E-state index is 0.120. The Labute approximate surface area is 148 Å². The zero-order valence-corrected chi connectivity index (χ0v) is 14.8. The molecular weight excluding hydrogens is 316 g/mol. The monoisotopic (exact) mass is 340 g/mol. The number of amides is 1. The molecule has 0 spiro atoms. The quantitative estimate of drug-likeness (QED) is 0.853. The maximum Gasteiger partial charge on any atom is 0.254 e.